The van der Waals surface area contributed by atoms with Gasteiger partial charge in [0.2, 0.25) is 5.78 Å². The van der Waals surface area contributed by atoms with E-state index < -0.39 is 0 Å². The van der Waals surface area contributed by atoms with Gasteiger partial charge < -0.3 is 10.0 Å². The van der Waals surface area contributed by atoms with E-state index in [1.54, 1.807) is 0 Å². The van der Waals surface area contributed by atoms with Gasteiger partial charge in [0.1, 0.15) is 0 Å². The van der Waals surface area contributed by atoms with Gasteiger partial charge in [0.15, 0.2) is 0 Å². The van der Waals surface area contributed by atoms with Gasteiger partial charge in [0.25, 0.3) is 0 Å². The molecule has 5 heteroatoms. The van der Waals surface area contributed by atoms with Crippen molar-refractivity contribution in [1.29, 1.82) is 0 Å². The number of fused-ring (bicyclic) bond motifs is 1. The molecule has 0 amide bonds. The third-order valence-electron chi connectivity index (χ3n) is 4.66. The fraction of sp³-hybridized carbons (Fsp3) is 0.647. The number of imidazole rings is 1. The molecule has 2 heterocycles. The van der Waals surface area contributed by atoms with Gasteiger partial charge >= 0.3 is 0 Å². The normalized spacial score (nSPS) is 22.6. The lowest BCUT2D eigenvalue weighted by Crippen LogP contribution is -2.34. The Morgan fingerprint density at radius 3 is 2.82 bits per heavy atom. The van der Waals surface area contributed by atoms with E-state index in [0.29, 0.717) is 5.92 Å². The van der Waals surface area contributed by atoms with Crippen LogP contribution in [-0.2, 0) is 6.54 Å². The molecular formula is C17H26N4O. The Morgan fingerprint density at radius 2 is 2.05 bits per heavy atom. The van der Waals surface area contributed by atoms with Crippen molar-refractivity contribution >= 4 is 5.78 Å². The van der Waals surface area contributed by atoms with Crippen LogP contribution in [0.5, 0.6) is 0 Å². The van der Waals surface area contributed by atoms with Crippen LogP contribution in [0, 0.1) is 19.8 Å². The molecule has 1 N–H and O–H groups in total. The number of aromatic nitrogens is 3. The maximum Gasteiger partial charge on any atom is 0.234 e. The third kappa shape index (κ3) is 3.31. The average Bonchev–Trinajstić information content (AvgIpc) is 2.84. The Bertz CT molecular complexity index is 651. The summed E-state index contributed by atoms with van der Waals surface area (Å²) in [7, 11) is 2.11. The molecular weight excluding hydrogens is 276 g/mol. The maximum absolute atomic E-state index is 10.1. The van der Waals surface area contributed by atoms with Crippen LogP contribution in [0.25, 0.3) is 5.78 Å². The number of rotatable bonds is 4. The van der Waals surface area contributed by atoms with Crippen molar-refractivity contribution in [1.82, 2.24) is 19.3 Å². The molecule has 0 radical (unpaired) electrons. The quantitative estimate of drug-likeness (QED) is 0.942. The molecule has 1 aliphatic carbocycles. The van der Waals surface area contributed by atoms with Crippen LogP contribution in [0.1, 0.15) is 42.8 Å². The number of hydrogen-bond donors (Lipinski definition) is 1. The van der Waals surface area contributed by atoms with Gasteiger partial charge in [-0.15, -0.1) is 0 Å². The first kappa shape index (κ1) is 15.4. The second kappa shape index (κ2) is 6.34. The van der Waals surface area contributed by atoms with Gasteiger partial charge in [-0.25, -0.2) is 9.97 Å². The van der Waals surface area contributed by atoms with Gasteiger partial charge in [-0.2, -0.15) is 0 Å². The Hall–Kier alpha value is -1.46. The van der Waals surface area contributed by atoms with Crippen LogP contribution in [0.15, 0.2) is 12.3 Å². The third-order valence-corrected chi connectivity index (χ3v) is 4.66. The van der Waals surface area contributed by atoms with Crippen LogP contribution in [0.3, 0.4) is 0 Å². The van der Waals surface area contributed by atoms with Crippen LogP contribution in [-0.4, -0.2) is 44.1 Å². The molecule has 2 aromatic heterocycles. The van der Waals surface area contributed by atoms with Crippen molar-refractivity contribution in [3.63, 3.8) is 0 Å². The molecule has 3 rings (SSSR count). The van der Waals surface area contributed by atoms with Crippen molar-refractivity contribution in [2.45, 2.75) is 52.2 Å². The van der Waals surface area contributed by atoms with Crippen molar-refractivity contribution in [2.75, 3.05) is 13.6 Å². The highest BCUT2D eigenvalue weighted by Crippen LogP contribution is 2.25. The summed E-state index contributed by atoms with van der Waals surface area (Å²) < 4.78 is 2.05. The fourth-order valence-corrected chi connectivity index (χ4v) is 3.54. The molecule has 0 aliphatic heterocycles. The van der Waals surface area contributed by atoms with Crippen LogP contribution < -0.4 is 0 Å². The molecule has 0 spiro atoms. The predicted octanol–water partition coefficient (Wildman–Crippen LogP) is 2.33. The molecule has 22 heavy (non-hydrogen) atoms. The number of aryl methyl sites for hydroxylation is 2. The van der Waals surface area contributed by atoms with Crippen molar-refractivity contribution in [3.05, 3.63) is 29.3 Å². The first-order valence-corrected chi connectivity index (χ1v) is 8.22. The molecule has 2 aromatic rings. The molecule has 0 aromatic carbocycles. The van der Waals surface area contributed by atoms with E-state index in [0.717, 1.165) is 55.2 Å². The monoisotopic (exact) mass is 302 g/mol. The standard InChI is InChI=1S/C17H26N4O/c1-12-8-13(2)21-11-15(19-17(21)18-12)10-20(3)9-14-6-4-5-7-16(14)22/h8,11,14,16,22H,4-7,9-10H2,1-3H3. The van der Waals surface area contributed by atoms with Crippen LogP contribution in [0.2, 0.25) is 0 Å². The Kier molecular flexibility index (Phi) is 4.45. The van der Waals surface area contributed by atoms with E-state index in [4.69, 9.17) is 0 Å². The van der Waals surface area contributed by atoms with E-state index in [1.165, 1.54) is 6.42 Å². The van der Waals surface area contributed by atoms with E-state index in [-0.39, 0.29) is 6.10 Å². The highest BCUT2D eigenvalue weighted by Gasteiger charge is 2.24. The lowest BCUT2D eigenvalue weighted by Gasteiger charge is -2.30. The fourth-order valence-electron chi connectivity index (χ4n) is 3.54. The zero-order valence-corrected chi connectivity index (χ0v) is 13.8. The number of aliphatic hydroxyl groups excluding tert-OH is 1. The SMILES string of the molecule is Cc1cc(C)n2cc(CN(C)CC3CCCCC3O)nc2n1. The molecule has 2 atom stereocenters. The molecule has 1 saturated carbocycles. The summed E-state index contributed by atoms with van der Waals surface area (Å²) in [4.78, 5) is 11.4. The van der Waals surface area contributed by atoms with Gasteiger partial charge in [0, 0.05) is 30.7 Å². The zero-order valence-electron chi connectivity index (χ0n) is 13.8. The summed E-state index contributed by atoms with van der Waals surface area (Å²) in [5.41, 5.74) is 3.20. The molecule has 0 saturated heterocycles. The molecule has 1 aliphatic rings. The lowest BCUT2D eigenvalue weighted by atomic mass is 9.86. The van der Waals surface area contributed by atoms with Gasteiger partial charge in [-0.1, -0.05) is 12.8 Å². The number of aliphatic hydroxyl groups is 1. The Morgan fingerprint density at radius 1 is 1.27 bits per heavy atom. The maximum atomic E-state index is 10.1. The van der Waals surface area contributed by atoms with E-state index in [9.17, 15) is 5.11 Å². The van der Waals surface area contributed by atoms with Gasteiger partial charge in [0.05, 0.1) is 11.8 Å². The lowest BCUT2D eigenvalue weighted by molar-refractivity contribution is 0.0500. The van der Waals surface area contributed by atoms with Crippen molar-refractivity contribution in [2.24, 2.45) is 5.92 Å². The summed E-state index contributed by atoms with van der Waals surface area (Å²) in [5.74, 6) is 1.18. The van der Waals surface area contributed by atoms with Crippen LogP contribution in [0.4, 0.5) is 0 Å². The topological polar surface area (TPSA) is 53.7 Å². The number of hydrogen-bond acceptors (Lipinski definition) is 4. The summed E-state index contributed by atoms with van der Waals surface area (Å²) in [5, 5.41) is 10.1. The van der Waals surface area contributed by atoms with E-state index in [1.807, 2.05) is 11.3 Å². The minimum Gasteiger partial charge on any atom is -0.393 e. The first-order chi connectivity index (χ1) is 10.5. The number of nitrogens with zero attached hydrogens (tertiary/aromatic N) is 4. The zero-order chi connectivity index (χ0) is 15.7. The van der Waals surface area contributed by atoms with Gasteiger partial charge in [-0.3, -0.25) is 4.40 Å². The molecule has 0 bridgehead atoms. The first-order valence-electron chi connectivity index (χ1n) is 8.22. The Labute approximate surface area is 132 Å². The van der Waals surface area contributed by atoms with Crippen LogP contribution >= 0.6 is 0 Å². The average molecular weight is 302 g/mol. The minimum atomic E-state index is -0.135. The summed E-state index contributed by atoms with van der Waals surface area (Å²) in [6, 6.07) is 2.07. The van der Waals surface area contributed by atoms with E-state index in [2.05, 4.69) is 41.1 Å². The van der Waals surface area contributed by atoms with Crippen molar-refractivity contribution < 1.29 is 5.11 Å². The summed E-state index contributed by atoms with van der Waals surface area (Å²) in [6.45, 7) is 5.80. The highest BCUT2D eigenvalue weighted by atomic mass is 16.3. The second-order valence-electron chi connectivity index (χ2n) is 6.75. The summed E-state index contributed by atoms with van der Waals surface area (Å²) in [6.07, 6.45) is 6.44. The van der Waals surface area contributed by atoms with Crippen molar-refractivity contribution in [3.8, 4) is 0 Å². The second-order valence-corrected chi connectivity index (χ2v) is 6.75. The largest absolute Gasteiger partial charge is 0.393 e. The molecule has 2 unspecified atom stereocenters. The summed E-state index contributed by atoms with van der Waals surface area (Å²) >= 11 is 0. The smallest absolute Gasteiger partial charge is 0.234 e. The minimum absolute atomic E-state index is 0.135. The Balaban J connectivity index is 1.68. The van der Waals surface area contributed by atoms with E-state index >= 15 is 0 Å². The van der Waals surface area contributed by atoms with Gasteiger partial charge in [-0.05, 0) is 45.7 Å². The molecule has 120 valence electrons. The predicted molar refractivity (Wildman–Crippen MR) is 86.8 cm³/mol. The molecule has 5 nitrogen and oxygen atoms in total. The molecule has 1 fully saturated rings. The highest BCUT2D eigenvalue weighted by molar-refractivity contribution is 5.34.